The van der Waals surface area contributed by atoms with E-state index in [-0.39, 0.29) is 6.61 Å². The smallest absolute Gasteiger partial charge is 0.338 e. The zero-order valence-electron chi connectivity index (χ0n) is 12.1. The molecule has 1 aromatic carbocycles. The van der Waals surface area contributed by atoms with Crippen LogP contribution in [0.25, 0.3) is 0 Å². The minimum Gasteiger partial charge on any atom is -0.494 e. The summed E-state index contributed by atoms with van der Waals surface area (Å²) in [7, 11) is 0. The quantitative estimate of drug-likeness (QED) is 0.675. The summed E-state index contributed by atoms with van der Waals surface area (Å²) < 4.78 is 10.6. The highest BCUT2D eigenvalue weighted by molar-refractivity contribution is 5.91. The molecular weight excluding hydrogens is 268 g/mol. The van der Waals surface area contributed by atoms with Gasteiger partial charge in [0.05, 0.1) is 17.9 Å². The van der Waals surface area contributed by atoms with Crippen molar-refractivity contribution in [2.75, 3.05) is 12.3 Å². The molecule has 0 bridgehead atoms. The van der Waals surface area contributed by atoms with Crippen LogP contribution >= 0.6 is 0 Å². The van der Waals surface area contributed by atoms with Gasteiger partial charge in [0.2, 0.25) is 0 Å². The van der Waals surface area contributed by atoms with Crippen molar-refractivity contribution < 1.29 is 14.3 Å². The lowest BCUT2D eigenvalue weighted by Gasteiger charge is -2.08. The zero-order valence-corrected chi connectivity index (χ0v) is 12.1. The summed E-state index contributed by atoms with van der Waals surface area (Å²) in [6.45, 7) is 4.38. The molecule has 2 aromatic rings. The third-order valence-electron chi connectivity index (χ3n) is 2.77. The van der Waals surface area contributed by atoms with Crippen LogP contribution in [-0.2, 0) is 11.3 Å². The van der Waals surface area contributed by atoms with Crippen LogP contribution in [-0.4, -0.2) is 17.6 Å². The molecule has 1 aromatic heterocycles. The lowest BCUT2D eigenvalue weighted by Crippen LogP contribution is -2.07. The van der Waals surface area contributed by atoms with Crippen LogP contribution in [0.4, 0.5) is 5.69 Å². The van der Waals surface area contributed by atoms with Crippen molar-refractivity contribution in [3.05, 3.63) is 53.3 Å². The van der Waals surface area contributed by atoms with E-state index in [0.717, 1.165) is 5.69 Å². The number of nitrogens with zero attached hydrogens (tertiary/aromatic N) is 1. The van der Waals surface area contributed by atoms with Crippen LogP contribution in [0.15, 0.2) is 36.4 Å². The number of hydrogen-bond acceptors (Lipinski definition) is 5. The van der Waals surface area contributed by atoms with Crippen LogP contribution in [0.3, 0.4) is 0 Å². The zero-order chi connectivity index (χ0) is 15.2. The number of aromatic nitrogens is 1. The Morgan fingerprint density at radius 3 is 2.81 bits per heavy atom. The molecule has 21 heavy (non-hydrogen) atoms. The van der Waals surface area contributed by atoms with Gasteiger partial charge >= 0.3 is 5.97 Å². The Kier molecular flexibility index (Phi) is 4.77. The van der Waals surface area contributed by atoms with Gasteiger partial charge in [-0.1, -0.05) is 6.07 Å². The van der Waals surface area contributed by atoms with Gasteiger partial charge in [0.25, 0.3) is 0 Å². The van der Waals surface area contributed by atoms with Crippen molar-refractivity contribution >= 4 is 11.7 Å². The van der Waals surface area contributed by atoms with E-state index in [2.05, 4.69) is 4.98 Å². The van der Waals surface area contributed by atoms with Gasteiger partial charge in [0, 0.05) is 17.4 Å². The summed E-state index contributed by atoms with van der Waals surface area (Å²) >= 11 is 0. The van der Waals surface area contributed by atoms with E-state index < -0.39 is 5.97 Å². The number of aryl methyl sites for hydroxylation is 1. The largest absolute Gasteiger partial charge is 0.494 e. The van der Waals surface area contributed by atoms with Gasteiger partial charge in [-0.2, -0.15) is 0 Å². The van der Waals surface area contributed by atoms with Gasteiger partial charge in [0.1, 0.15) is 12.4 Å². The van der Waals surface area contributed by atoms with E-state index in [0.29, 0.717) is 29.3 Å². The molecule has 0 radical (unpaired) electrons. The molecule has 0 aliphatic carbocycles. The van der Waals surface area contributed by atoms with Gasteiger partial charge < -0.3 is 15.2 Å². The van der Waals surface area contributed by atoms with E-state index in [4.69, 9.17) is 15.2 Å². The fraction of sp³-hybridized carbons (Fsp3) is 0.250. The van der Waals surface area contributed by atoms with Crippen molar-refractivity contribution in [1.82, 2.24) is 4.98 Å². The van der Waals surface area contributed by atoms with E-state index >= 15 is 0 Å². The van der Waals surface area contributed by atoms with E-state index in [9.17, 15) is 4.79 Å². The summed E-state index contributed by atoms with van der Waals surface area (Å²) in [5.74, 6) is 0.102. The number of benzene rings is 1. The van der Waals surface area contributed by atoms with Crippen LogP contribution in [0, 0.1) is 6.92 Å². The standard InChI is InChI=1S/C16H18N2O3/c1-3-20-15-8-12(7-13(17)9-15)16(19)21-10-14-6-4-5-11(2)18-14/h4-9H,3,10,17H2,1-2H3. The lowest BCUT2D eigenvalue weighted by molar-refractivity contribution is 0.0467. The molecule has 0 atom stereocenters. The van der Waals surface area contributed by atoms with Crippen LogP contribution in [0.1, 0.15) is 28.7 Å². The monoisotopic (exact) mass is 286 g/mol. The Hall–Kier alpha value is -2.56. The molecule has 2 N–H and O–H groups in total. The summed E-state index contributed by atoms with van der Waals surface area (Å²) in [5.41, 5.74) is 8.17. The number of nitrogen functional groups attached to an aromatic ring is 1. The average molecular weight is 286 g/mol. The summed E-state index contributed by atoms with van der Waals surface area (Å²) in [6.07, 6.45) is 0. The van der Waals surface area contributed by atoms with E-state index in [1.165, 1.54) is 0 Å². The summed E-state index contributed by atoms with van der Waals surface area (Å²) in [6, 6.07) is 10.4. The molecule has 0 aliphatic heterocycles. The van der Waals surface area contributed by atoms with Crippen molar-refractivity contribution in [2.24, 2.45) is 0 Å². The highest BCUT2D eigenvalue weighted by Crippen LogP contribution is 2.20. The molecule has 0 unspecified atom stereocenters. The highest BCUT2D eigenvalue weighted by atomic mass is 16.5. The van der Waals surface area contributed by atoms with Crippen molar-refractivity contribution in [3.8, 4) is 5.75 Å². The number of pyridine rings is 1. The number of hydrogen-bond donors (Lipinski definition) is 1. The molecule has 0 saturated carbocycles. The molecule has 5 heteroatoms. The molecule has 0 fully saturated rings. The van der Waals surface area contributed by atoms with Gasteiger partial charge in [-0.05, 0) is 38.1 Å². The molecule has 0 amide bonds. The van der Waals surface area contributed by atoms with Crippen LogP contribution < -0.4 is 10.5 Å². The maximum absolute atomic E-state index is 12.1. The Balaban J connectivity index is 2.06. The Bertz CT molecular complexity index is 641. The highest BCUT2D eigenvalue weighted by Gasteiger charge is 2.10. The van der Waals surface area contributed by atoms with Crippen LogP contribution in [0.2, 0.25) is 0 Å². The molecule has 1 heterocycles. The topological polar surface area (TPSA) is 74.4 Å². The third kappa shape index (κ3) is 4.21. The maximum Gasteiger partial charge on any atom is 0.338 e. The maximum atomic E-state index is 12.1. The number of rotatable bonds is 5. The second kappa shape index (κ2) is 6.74. The molecular formula is C16H18N2O3. The number of ether oxygens (including phenoxy) is 2. The Morgan fingerprint density at radius 1 is 1.29 bits per heavy atom. The summed E-state index contributed by atoms with van der Waals surface area (Å²) in [4.78, 5) is 16.3. The van der Waals surface area contributed by atoms with Gasteiger partial charge in [-0.15, -0.1) is 0 Å². The molecule has 2 rings (SSSR count). The van der Waals surface area contributed by atoms with Crippen molar-refractivity contribution in [1.29, 1.82) is 0 Å². The van der Waals surface area contributed by atoms with Crippen molar-refractivity contribution in [3.63, 3.8) is 0 Å². The minimum absolute atomic E-state index is 0.124. The van der Waals surface area contributed by atoms with Crippen molar-refractivity contribution in [2.45, 2.75) is 20.5 Å². The second-order valence-corrected chi connectivity index (χ2v) is 4.57. The predicted octanol–water partition coefficient (Wildman–Crippen LogP) is 2.73. The first kappa shape index (κ1) is 14.8. The number of carbonyl (C=O) groups excluding carboxylic acids is 1. The lowest BCUT2D eigenvalue weighted by atomic mass is 10.2. The first-order valence-electron chi connectivity index (χ1n) is 6.71. The number of carbonyl (C=O) groups is 1. The Labute approximate surface area is 123 Å². The molecule has 0 saturated heterocycles. The second-order valence-electron chi connectivity index (χ2n) is 4.57. The van der Waals surface area contributed by atoms with Gasteiger partial charge in [-0.25, -0.2) is 4.79 Å². The minimum atomic E-state index is -0.452. The number of esters is 1. The molecule has 5 nitrogen and oxygen atoms in total. The predicted molar refractivity (Wildman–Crippen MR) is 80.1 cm³/mol. The number of anilines is 1. The SMILES string of the molecule is CCOc1cc(N)cc(C(=O)OCc2cccc(C)n2)c1. The fourth-order valence-corrected chi connectivity index (χ4v) is 1.89. The van der Waals surface area contributed by atoms with E-state index in [1.807, 2.05) is 32.0 Å². The average Bonchev–Trinajstić information content (AvgIpc) is 2.44. The number of nitrogens with two attached hydrogens (primary N) is 1. The Morgan fingerprint density at radius 2 is 2.10 bits per heavy atom. The van der Waals surface area contributed by atoms with Crippen LogP contribution in [0.5, 0.6) is 5.75 Å². The van der Waals surface area contributed by atoms with Gasteiger partial charge in [-0.3, -0.25) is 4.98 Å². The van der Waals surface area contributed by atoms with E-state index in [1.54, 1.807) is 18.2 Å². The fourth-order valence-electron chi connectivity index (χ4n) is 1.89. The molecule has 110 valence electrons. The molecule has 0 spiro atoms. The first-order chi connectivity index (χ1) is 10.1. The molecule has 0 aliphatic rings. The summed E-state index contributed by atoms with van der Waals surface area (Å²) in [5, 5.41) is 0. The third-order valence-corrected chi connectivity index (χ3v) is 2.77. The normalized spacial score (nSPS) is 10.2. The first-order valence-corrected chi connectivity index (χ1v) is 6.71. The van der Waals surface area contributed by atoms with Gasteiger partial charge in [0.15, 0.2) is 0 Å².